The molecule has 4 rings (SSSR count). The molecule has 1 aliphatic carbocycles. The first kappa shape index (κ1) is 17.4. The Hall–Kier alpha value is -3.04. The number of anilines is 1. The normalized spacial score (nSPS) is 14.4. The zero-order valence-corrected chi connectivity index (χ0v) is 14.5. The molecule has 142 valence electrons. The van der Waals surface area contributed by atoms with Gasteiger partial charge in [-0.05, 0) is 25.0 Å². The fourth-order valence-electron chi connectivity index (χ4n) is 2.73. The fourth-order valence-corrected chi connectivity index (χ4v) is 2.73. The van der Waals surface area contributed by atoms with Crippen molar-refractivity contribution in [3.05, 3.63) is 30.2 Å². The molecule has 0 bridgehead atoms. The van der Waals surface area contributed by atoms with E-state index in [-0.39, 0.29) is 17.2 Å². The number of nitrogens with zero attached hydrogens (tertiary/aromatic N) is 4. The molecule has 0 radical (unpaired) electrons. The van der Waals surface area contributed by atoms with Crippen LogP contribution in [0.5, 0.6) is 11.5 Å². The topological polar surface area (TPSA) is 74.1 Å². The molecular weight excluding hydrogens is 363 g/mol. The van der Waals surface area contributed by atoms with Gasteiger partial charge in [0.2, 0.25) is 11.8 Å². The minimum Gasteiger partial charge on any atom is -0.493 e. The van der Waals surface area contributed by atoms with Gasteiger partial charge in [-0.3, -0.25) is 4.57 Å². The lowest BCUT2D eigenvalue weighted by Gasteiger charge is -2.13. The summed E-state index contributed by atoms with van der Waals surface area (Å²) in [5, 5.41) is 3.23. The van der Waals surface area contributed by atoms with Crippen LogP contribution in [0.4, 0.5) is 19.1 Å². The standard InChI is InChI=1S/C17H16F3N5O2/c1-26-12-6-5-10(7-13(12)27-2)25-14-11(23-16(25)22-9-3-4-9)8-21-15(24-14)17(18,19)20/h5-9H,3-4H2,1-2H3,(H,22,23). The lowest BCUT2D eigenvalue weighted by atomic mass is 10.2. The van der Waals surface area contributed by atoms with Crippen LogP contribution < -0.4 is 14.8 Å². The van der Waals surface area contributed by atoms with Gasteiger partial charge in [0.15, 0.2) is 17.1 Å². The molecule has 0 spiro atoms. The first-order chi connectivity index (χ1) is 12.9. The molecule has 2 heterocycles. The number of imidazole rings is 1. The monoisotopic (exact) mass is 379 g/mol. The molecule has 1 aromatic carbocycles. The molecule has 1 saturated carbocycles. The van der Waals surface area contributed by atoms with Crippen molar-refractivity contribution in [2.24, 2.45) is 0 Å². The average molecular weight is 379 g/mol. The number of fused-ring (bicyclic) bond motifs is 1. The molecule has 0 saturated heterocycles. The molecule has 1 aliphatic rings. The molecular formula is C17H16F3N5O2. The fraction of sp³-hybridized carbons (Fsp3) is 0.353. The minimum absolute atomic E-state index is 0.0627. The van der Waals surface area contributed by atoms with Gasteiger partial charge in [0.1, 0.15) is 5.52 Å². The second-order valence-electron chi connectivity index (χ2n) is 6.13. The Balaban J connectivity index is 1.92. The minimum atomic E-state index is -4.65. The smallest absolute Gasteiger partial charge is 0.451 e. The van der Waals surface area contributed by atoms with Crippen LogP contribution >= 0.6 is 0 Å². The largest absolute Gasteiger partial charge is 0.493 e. The Labute approximate surface area is 152 Å². The number of hydrogen-bond donors (Lipinski definition) is 1. The van der Waals surface area contributed by atoms with E-state index in [1.165, 1.54) is 18.8 Å². The second kappa shape index (κ2) is 6.29. The van der Waals surface area contributed by atoms with E-state index < -0.39 is 12.0 Å². The van der Waals surface area contributed by atoms with E-state index in [1.54, 1.807) is 18.2 Å². The van der Waals surface area contributed by atoms with Crippen molar-refractivity contribution in [3.8, 4) is 17.2 Å². The maximum Gasteiger partial charge on any atom is 0.451 e. The Kier molecular flexibility index (Phi) is 4.05. The summed E-state index contributed by atoms with van der Waals surface area (Å²) in [7, 11) is 2.99. The van der Waals surface area contributed by atoms with Crippen LogP contribution in [0, 0.1) is 0 Å². The van der Waals surface area contributed by atoms with Gasteiger partial charge in [0, 0.05) is 12.1 Å². The highest BCUT2D eigenvalue weighted by atomic mass is 19.4. The Bertz CT molecular complexity index is 998. The van der Waals surface area contributed by atoms with E-state index >= 15 is 0 Å². The van der Waals surface area contributed by atoms with Crippen LogP contribution in [0.3, 0.4) is 0 Å². The molecule has 27 heavy (non-hydrogen) atoms. The summed E-state index contributed by atoms with van der Waals surface area (Å²) in [4.78, 5) is 11.5. The molecule has 0 unspecified atom stereocenters. The third-order valence-corrected chi connectivity index (χ3v) is 4.19. The van der Waals surface area contributed by atoms with Crippen molar-refractivity contribution in [1.82, 2.24) is 19.5 Å². The highest BCUT2D eigenvalue weighted by Crippen LogP contribution is 2.34. The van der Waals surface area contributed by atoms with Gasteiger partial charge < -0.3 is 14.8 Å². The summed E-state index contributed by atoms with van der Waals surface area (Å²) < 4.78 is 51.3. The zero-order chi connectivity index (χ0) is 19.2. The van der Waals surface area contributed by atoms with Crippen LogP contribution in [0.15, 0.2) is 24.4 Å². The first-order valence-corrected chi connectivity index (χ1v) is 8.22. The SMILES string of the molecule is COc1ccc(-n2c(NC3CC3)nc3cnc(C(F)(F)F)nc32)cc1OC. The lowest BCUT2D eigenvalue weighted by molar-refractivity contribution is -0.144. The van der Waals surface area contributed by atoms with Crippen molar-refractivity contribution in [1.29, 1.82) is 0 Å². The Morgan fingerprint density at radius 1 is 1.11 bits per heavy atom. The first-order valence-electron chi connectivity index (χ1n) is 8.22. The van der Waals surface area contributed by atoms with Crippen molar-refractivity contribution in [2.75, 3.05) is 19.5 Å². The third kappa shape index (κ3) is 3.22. The van der Waals surface area contributed by atoms with Crippen LogP contribution in [0.1, 0.15) is 18.7 Å². The van der Waals surface area contributed by atoms with Crippen LogP contribution in [-0.2, 0) is 6.18 Å². The van der Waals surface area contributed by atoms with Gasteiger partial charge in [-0.15, -0.1) is 0 Å². The number of rotatable bonds is 5. The summed E-state index contributed by atoms with van der Waals surface area (Å²) in [6.07, 6.45) is -1.60. The Morgan fingerprint density at radius 2 is 1.85 bits per heavy atom. The molecule has 1 fully saturated rings. The third-order valence-electron chi connectivity index (χ3n) is 4.19. The van der Waals surface area contributed by atoms with Crippen LogP contribution in [0.2, 0.25) is 0 Å². The molecule has 10 heteroatoms. The predicted molar refractivity (Wildman–Crippen MR) is 91.4 cm³/mol. The summed E-state index contributed by atoms with van der Waals surface area (Å²) in [5.41, 5.74) is 0.874. The van der Waals surface area contributed by atoms with Crippen LogP contribution in [0.25, 0.3) is 16.9 Å². The van der Waals surface area contributed by atoms with Gasteiger partial charge in [-0.25, -0.2) is 15.0 Å². The van der Waals surface area contributed by atoms with E-state index in [9.17, 15) is 13.2 Å². The molecule has 0 amide bonds. The van der Waals surface area contributed by atoms with Crippen molar-refractivity contribution < 1.29 is 22.6 Å². The number of ether oxygens (including phenoxy) is 2. The maximum atomic E-state index is 13.1. The molecule has 1 N–H and O–H groups in total. The second-order valence-corrected chi connectivity index (χ2v) is 6.13. The molecule has 2 aromatic heterocycles. The van der Waals surface area contributed by atoms with Crippen molar-refractivity contribution in [2.45, 2.75) is 25.1 Å². The van der Waals surface area contributed by atoms with Crippen molar-refractivity contribution >= 4 is 17.1 Å². The van der Waals surface area contributed by atoms with Gasteiger partial charge >= 0.3 is 6.18 Å². The molecule has 0 aliphatic heterocycles. The zero-order valence-electron chi connectivity index (χ0n) is 14.5. The summed E-state index contributed by atoms with van der Waals surface area (Å²) >= 11 is 0. The lowest BCUT2D eigenvalue weighted by Crippen LogP contribution is -2.12. The number of aromatic nitrogens is 4. The highest BCUT2D eigenvalue weighted by molar-refractivity contribution is 5.77. The Morgan fingerprint density at radius 3 is 2.48 bits per heavy atom. The number of methoxy groups -OCH3 is 2. The molecule has 7 nitrogen and oxygen atoms in total. The summed E-state index contributed by atoms with van der Waals surface area (Å²) in [6, 6.07) is 5.28. The molecule has 3 aromatic rings. The maximum absolute atomic E-state index is 13.1. The van der Waals surface area contributed by atoms with E-state index in [1.807, 2.05) is 0 Å². The molecule has 0 atom stereocenters. The van der Waals surface area contributed by atoms with E-state index in [0.717, 1.165) is 19.0 Å². The van der Waals surface area contributed by atoms with E-state index in [4.69, 9.17) is 9.47 Å². The van der Waals surface area contributed by atoms with Gasteiger partial charge in [0.05, 0.1) is 26.1 Å². The number of benzene rings is 1. The number of nitrogens with one attached hydrogen (secondary N) is 1. The van der Waals surface area contributed by atoms with Crippen LogP contribution in [-0.4, -0.2) is 39.8 Å². The number of hydrogen-bond acceptors (Lipinski definition) is 6. The van der Waals surface area contributed by atoms with E-state index in [0.29, 0.717) is 23.1 Å². The van der Waals surface area contributed by atoms with Crippen molar-refractivity contribution in [3.63, 3.8) is 0 Å². The predicted octanol–water partition coefficient (Wildman–Crippen LogP) is 3.43. The average Bonchev–Trinajstić information content (AvgIpc) is 3.38. The summed E-state index contributed by atoms with van der Waals surface area (Å²) in [5.74, 6) is 0.148. The van der Waals surface area contributed by atoms with E-state index in [2.05, 4.69) is 20.3 Å². The number of alkyl halides is 3. The quantitative estimate of drug-likeness (QED) is 0.732. The van der Waals surface area contributed by atoms with Gasteiger partial charge in [0.25, 0.3) is 0 Å². The summed E-state index contributed by atoms with van der Waals surface area (Å²) in [6.45, 7) is 0. The van der Waals surface area contributed by atoms with Gasteiger partial charge in [-0.2, -0.15) is 13.2 Å². The number of halogens is 3. The highest BCUT2D eigenvalue weighted by Gasteiger charge is 2.35. The van der Waals surface area contributed by atoms with Gasteiger partial charge in [-0.1, -0.05) is 0 Å².